The fourth-order valence-corrected chi connectivity index (χ4v) is 0.823. The fraction of sp³-hybridized carbons (Fsp3) is 0. The lowest BCUT2D eigenvalue weighted by Gasteiger charge is -2.01. The molecule has 0 aliphatic carbocycles. The highest BCUT2D eigenvalue weighted by Gasteiger charge is 1.94. The Kier molecular flexibility index (Phi) is 1.74. The summed E-state index contributed by atoms with van der Waals surface area (Å²) in [4.78, 5) is 0. The van der Waals surface area contributed by atoms with Crippen LogP contribution >= 0.6 is 0 Å². The van der Waals surface area contributed by atoms with Crippen LogP contribution in [0.4, 0.5) is 11.8 Å². The third-order valence-electron chi connectivity index (χ3n) is 1.35. The standard InChI is InChI=1S/C8H8N2O2/c1-3-7(11-5-1)9-10-8-4-2-6-12-8/h1-6,9-10H. The Morgan fingerprint density at radius 3 is 1.67 bits per heavy atom. The number of anilines is 2. The molecular formula is C8H8N2O2. The van der Waals surface area contributed by atoms with Gasteiger partial charge in [-0.25, -0.2) is 0 Å². The second kappa shape index (κ2) is 3.04. The molecule has 0 bridgehead atoms. The SMILES string of the molecule is c1coc(NNc2ccco2)c1. The van der Waals surface area contributed by atoms with Crippen molar-refractivity contribution < 1.29 is 8.83 Å². The Labute approximate surface area is 69.1 Å². The average Bonchev–Trinajstić information content (AvgIpc) is 2.74. The molecular weight excluding hydrogens is 156 g/mol. The highest BCUT2D eigenvalue weighted by molar-refractivity contribution is 5.40. The van der Waals surface area contributed by atoms with Crippen LogP contribution in [0.25, 0.3) is 0 Å². The van der Waals surface area contributed by atoms with Crippen LogP contribution in [0.5, 0.6) is 0 Å². The van der Waals surface area contributed by atoms with Crippen LogP contribution < -0.4 is 10.9 Å². The zero-order chi connectivity index (χ0) is 8.23. The monoisotopic (exact) mass is 164 g/mol. The Morgan fingerprint density at radius 1 is 0.833 bits per heavy atom. The van der Waals surface area contributed by atoms with Crippen LogP contribution in [-0.4, -0.2) is 0 Å². The van der Waals surface area contributed by atoms with Gasteiger partial charge in [0, 0.05) is 12.1 Å². The van der Waals surface area contributed by atoms with E-state index in [0.29, 0.717) is 11.8 Å². The molecule has 0 spiro atoms. The zero-order valence-electron chi connectivity index (χ0n) is 6.28. The van der Waals surface area contributed by atoms with Crippen molar-refractivity contribution in [3.05, 3.63) is 36.8 Å². The van der Waals surface area contributed by atoms with Gasteiger partial charge >= 0.3 is 0 Å². The van der Waals surface area contributed by atoms with Crippen molar-refractivity contribution in [2.75, 3.05) is 10.9 Å². The smallest absolute Gasteiger partial charge is 0.211 e. The third-order valence-corrected chi connectivity index (χ3v) is 1.35. The quantitative estimate of drug-likeness (QED) is 0.683. The lowest BCUT2D eigenvalue weighted by Crippen LogP contribution is -2.06. The second-order valence-corrected chi connectivity index (χ2v) is 2.20. The lowest BCUT2D eigenvalue weighted by molar-refractivity contribution is 0.569. The third kappa shape index (κ3) is 1.42. The summed E-state index contributed by atoms with van der Waals surface area (Å²) < 4.78 is 10.0. The molecule has 0 aliphatic rings. The molecule has 2 heterocycles. The predicted octanol–water partition coefficient (Wildman–Crippen LogP) is 2.31. The van der Waals surface area contributed by atoms with Gasteiger partial charge in [-0.2, -0.15) is 0 Å². The minimum atomic E-state index is 0.645. The minimum Gasteiger partial charge on any atom is -0.447 e. The van der Waals surface area contributed by atoms with Gasteiger partial charge in [0.1, 0.15) is 0 Å². The maximum atomic E-state index is 5.02. The fourth-order valence-electron chi connectivity index (χ4n) is 0.823. The van der Waals surface area contributed by atoms with Crippen molar-refractivity contribution >= 4 is 11.8 Å². The molecule has 62 valence electrons. The number of hydrogen-bond acceptors (Lipinski definition) is 4. The summed E-state index contributed by atoms with van der Waals surface area (Å²) in [7, 11) is 0. The molecule has 0 aliphatic heterocycles. The molecule has 2 aromatic heterocycles. The summed E-state index contributed by atoms with van der Waals surface area (Å²) in [5.41, 5.74) is 5.63. The van der Waals surface area contributed by atoms with E-state index in [2.05, 4.69) is 10.9 Å². The Balaban J connectivity index is 1.91. The first-order valence-corrected chi connectivity index (χ1v) is 3.54. The molecule has 4 nitrogen and oxygen atoms in total. The first-order valence-electron chi connectivity index (χ1n) is 3.54. The second-order valence-electron chi connectivity index (χ2n) is 2.20. The van der Waals surface area contributed by atoms with E-state index < -0.39 is 0 Å². The summed E-state index contributed by atoms with van der Waals surface area (Å²) in [6, 6.07) is 7.20. The molecule has 4 heteroatoms. The van der Waals surface area contributed by atoms with E-state index >= 15 is 0 Å². The Bertz CT molecular complexity index is 278. The summed E-state index contributed by atoms with van der Waals surface area (Å²) in [5, 5.41) is 0. The number of rotatable bonds is 3. The van der Waals surface area contributed by atoms with Crippen molar-refractivity contribution in [1.29, 1.82) is 0 Å². The molecule has 0 fully saturated rings. The molecule has 0 amide bonds. The molecule has 0 aromatic carbocycles. The van der Waals surface area contributed by atoms with Crippen molar-refractivity contribution in [2.45, 2.75) is 0 Å². The topological polar surface area (TPSA) is 50.3 Å². The molecule has 0 saturated heterocycles. The Morgan fingerprint density at radius 2 is 1.33 bits per heavy atom. The van der Waals surface area contributed by atoms with Gasteiger partial charge in [0.15, 0.2) is 0 Å². The van der Waals surface area contributed by atoms with E-state index in [4.69, 9.17) is 8.83 Å². The van der Waals surface area contributed by atoms with Gasteiger partial charge in [-0.05, 0) is 12.1 Å². The highest BCUT2D eigenvalue weighted by atomic mass is 16.4. The Hall–Kier alpha value is -1.84. The van der Waals surface area contributed by atoms with Gasteiger partial charge in [-0.1, -0.05) is 0 Å². The van der Waals surface area contributed by atoms with Crippen LogP contribution in [0.1, 0.15) is 0 Å². The van der Waals surface area contributed by atoms with Crippen molar-refractivity contribution in [3.8, 4) is 0 Å². The van der Waals surface area contributed by atoms with Crippen molar-refractivity contribution in [3.63, 3.8) is 0 Å². The van der Waals surface area contributed by atoms with E-state index in [0.717, 1.165) is 0 Å². The molecule has 0 radical (unpaired) electrons. The lowest BCUT2D eigenvalue weighted by atomic mass is 10.6. The van der Waals surface area contributed by atoms with Crippen LogP contribution in [0.2, 0.25) is 0 Å². The number of nitrogens with one attached hydrogen (secondary N) is 2. The van der Waals surface area contributed by atoms with Crippen molar-refractivity contribution in [2.24, 2.45) is 0 Å². The average molecular weight is 164 g/mol. The van der Waals surface area contributed by atoms with Gasteiger partial charge in [-0.15, -0.1) is 0 Å². The minimum absolute atomic E-state index is 0.645. The molecule has 2 aromatic rings. The van der Waals surface area contributed by atoms with Gasteiger partial charge in [-0.3, -0.25) is 10.9 Å². The normalized spacial score (nSPS) is 9.67. The van der Waals surface area contributed by atoms with Gasteiger partial charge < -0.3 is 8.83 Å². The van der Waals surface area contributed by atoms with Gasteiger partial charge in [0.05, 0.1) is 12.5 Å². The summed E-state index contributed by atoms with van der Waals surface area (Å²) in [6.07, 6.45) is 3.18. The first kappa shape index (κ1) is 6.84. The number of hydrazine groups is 1. The summed E-state index contributed by atoms with van der Waals surface area (Å²) >= 11 is 0. The molecule has 0 atom stereocenters. The first-order chi connectivity index (χ1) is 5.95. The number of hydrogen-bond donors (Lipinski definition) is 2. The predicted molar refractivity (Wildman–Crippen MR) is 44.7 cm³/mol. The van der Waals surface area contributed by atoms with Gasteiger partial charge in [0.25, 0.3) is 0 Å². The van der Waals surface area contributed by atoms with Crippen LogP contribution in [0, 0.1) is 0 Å². The van der Waals surface area contributed by atoms with Crippen LogP contribution in [0.3, 0.4) is 0 Å². The van der Waals surface area contributed by atoms with Crippen LogP contribution in [-0.2, 0) is 0 Å². The largest absolute Gasteiger partial charge is 0.447 e. The highest BCUT2D eigenvalue weighted by Crippen LogP contribution is 2.09. The molecule has 0 saturated carbocycles. The van der Waals surface area contributed by atoms with E-state index in [1.165, 1.54) is 0 Å². The maximum absolute atomic E-state index is 5.02. The molecule has 0 unspecified atom stereocenters. The van der Waals surface area contributed by atoms with E-state index in [1.807, 2.05) is 0 Å². The zero-order valence-corrected chi connectivity index (χ0v) is 6.28. The molecule has 2 rings (SSSR count). The van der Waals surface area contributed by atoms with E-state index in [-0.39, 0.29) is 0 Å². The van der Waals surface area contributed by atoms with E-state index in [9.17, 15) is 0 Å². The van der Waals surface area contributed by atoms with Gasteiger partial charge in [0.2, 0.25) is 11.8 Å². The summed E-state index contributed by atoms with van der Waals surface area (Å²) in [5.74, 6) is 1.29. The maximum Gasteiger partial charge on any atom is 0.211 e. The number of furan rings is 2. The van der Waals surface area contributed by atoms with E-state index in [1.54, 1.807) is 36.8 Å². The molecule has 2 N–H and O–H groups in total. The van der Waals surface area contributed by atoms with Crippen molar-refractivity contribution in [1.82, 2.24) is 0 Å². The molecule has 12 heavy (non-hydrogen) atoms. The summed E-state index contributed by atoms with van der Waals surface area (Å²) in [6.45, 7) is 0. The van der Waals surface area contributed by atoms with Crippen LogP contribution in [0.15, 0.2) is 45.6 Å².